The number of aldehydes is 1. The molecule has 106 valence electrons. The minimum absolute atomic E-state index is 0.501. The van der Waals surface area contributed by atoms with E-state index < -0.39 is 0 Å². The number of rotatable bonds is 5. The fourth-order valence-corrected chi connectivity index (χ4v) is 2.02. The molecule has 1 aromatic heterocycles. The summed E-state index contributed by atoms with van der Waals surface area (Å²) in [6.07, 6.45) is 0.855. The van der Waals surface area contributed by atoms with Gasteiger partial charge >= 0.3 is 0 Å². The maximum absolute atomic E-state index is 11.0. The van der Waals surface area contributed by atoms with Gasteiger partial charge < -0.3 is 4.74 Å². The van der Waals surface area contributed by atoms with E-state index in [1.54, 1.807) is 4.68 Å². The summed E-state index contributed by atoms with van der Waals surface area (Å²) in [7, 11) is 0. The Hall–Kier alpha value is -2.10. The van der Waals surface area contributed by atoms with E-state index in [-0.39, 0.29) is 0 Å². The van der Waals surface area contributed by atoms with E-state index >= 15 is 0 Å². The van der Waals surface area contributed by atoms with Crippen LogP contribution < -0.4 is 4.74 Å². The lowest BCUT2D eigenvalue weighted by atomic mass is 10.2. The van der Waals surface area contributed by atoms with Gasteiger partial charge in [0, 0.05) is 0 Å². The van der Waals surface area contributed by atoms with Crippen LogP contribution in [0, 0.1) is 19.8 Å². The van der Waals surface area contributed by atoms with Crippen molar-refractivity contribution in [1.82, 2.24) is 9.78 Å². The second-order valence-corrected chi connectivity index (χ2v) is 5.31. The van der Waals surface area contributed by atoms with Crippen LogP contribution in [0.15, 0.2) is 24.3 Å². The first-order valence-electron chi connectivity index (χ1n) is 6.77. The predicted octanol–water partition coefficient (Wildman–Crippen LogP) is 3.34. The summed E-state index contributed by atoms with van der Waals surface area (Å²) in [5.74, 6) is 1.35. The van der Waals surface area contributed by atoms with Crippen molar-refractivity contribution in [1.29, 1.82) is 0 Å². The molecule has 0 aliphatic carbocycles. The number of carbonyl (C=O) groups is 1. The van der Waals surface area contributed by atoms with Gasteiger partial charge in [0.15, 0.2) is 6.29 Å². The lowest BCUT2D eigenvalue weighted by Gasteiger charge is -2.10. The van der Waals surface area contributed by atoms with E-state index in [4.69, 9.17) is 4.74 Å². The van der Waals surface area contributed by atoms with Crippen molar-refractivity contribution in [3.8, 4) is 11.4 Å². The van der Waals surface area contributed by atoms with Gasteiger partial charge in [0.25, 0.3) is 0 Å². The number of aromatic nitrogens is 2. The van der Waals surface area contributed by atoms with Crippen LogP contribution in [0.4, 0.5) is 0 Å². The highest BCUT2D eigenvalue weighted by Gasteiger charge is 2.11. The molecular weight excluding hydrogens is 252 g/mol. The second kappa shape index (κ2) is 5.90. The van der Waals surface area contributed by atoms with Gasteiger partial charge in [-0.25, -0.2) is 4.68 Å². The summed E-state index contributed by atoms with van der Waals surface area (Å²) in [5, 5.41) is 4.40. The average Bonchev–Trinajstić information content (AvgIpc) is 2.72. The van der Waals surface area contributed by atoms with Crippen molar-refractivity contribution in [3.05, 3.63) is 41.2 Å². The monoisotopic (exact) mass is 272 g/mol. The van der Waals surface area contributed by atoms with Crippen LogP contribution in [0.5, 0.6) is 5.75 Å². The second-order valence-electron chi connectivity index (χ2n) is 5.31. The maximum atomic E-state index is 11.0. The summed E-state index contributed by atoms with van der Waals surface area (Å²) in [6, 6.07) is 7.75. The molecule has 0 aliphatic rings. The normalized spacial score (nSPS) is 10.8. The highest BCUT2D eigenvalue weighted by Crippen LogP contribution is 2.19. The van der Waals surface area contributed by atoms with Gasteiger partial charge in [0.1, 0.15) is 5.75 Å². The van der Waals surface area contributed by atoms with E-state index in [2.05, 4.69) is 18.9 Å². The van der Waals surface area contributed by atoms with E-state index in [0.29, 0.717) is 18.1 Å². The van der Waals surface area contributed by atoms with Crippen LogP contribution in [-0.4, -0.2) is 22.7 Å². The fourth-order valence-electron chi connectivity index (χ4n) is 2.02. The van der Waals surface area contributed by atoms with Crippen LogP contribution >= 0.6 is 0 Å². The van der Waals surface area contributed by atoms with Gasteiger partial charge in [-0.05, 0) is 44.0 Å². The van der Waals surface area contributed by atoms with Crippen LogP contribution in [0.1, 0.15) is 35.6 Å². The van der Waals surface area contributed by atoms with Gasteiger partial charge in [0.05, 0.1) is 29.2 Å². The molecule has 0 unspecified atom stereocenters. The Bertz CT molecular complexity index is 598. The van der Waals surface area contributed by atoms with Crippen molar-refractivity contribution in [2.24, 2.45) is 5.92 Å². The molecule has 2 aromatic rings. The van der Waals surface area contributed by atoms with Crippen molar-refractivity contribution >= 4 is 6.29 Å². The molecule has 0 bridgehead atoms. The van der Waals surface area contributed by atoms with Crippen LogP contribution in [0.3, 0.4) is 0 Å². The number of carbonyl (C=O) groups excluding carboxylic acids is 1. The third-order valence-corrected chi connectivity index (χ3v) is 3.13. The molecule has 0 radical (unpaired) electrons. The molecule has 20 heavy (non-hydrogen) atoms. The Kier molecular flexibility index (Phi) is 4.23. The van der Waals surface area contributed by atoms with Crippen LogP contribution in [-0.2, 0) is 0 Å². The van der Waals surface area contributed by atoms with Crippen molar-refractivity contribution in [2.75, 3.05) is 6.61 Å². The molecule has 0 N–H and O–H groups in total. The molecule has 2 rings (SSSR count). The van der Waals surface area contributed by atoms with Gasteiger partial charge in [-0.2, -0.15) is 5.10 Å². The first-order chi connectivity index (χ1) is 9.52. The molecule has 0 fully saturated rings. The summed E-state index contributed by atoms with van der Waals surface area (Å²) in [4.78, 5) is 11.0. The summed E-state index contributed by atoms with van der Waals surface area (Å²) in [5.41, 5.74) is 3.19. The number of aryl methyl sites for hydroxylation is 1. The Balaban J connectivity index is 2.24. The topological polar surface area (TPSA) is 44.1 Å². The Morgan fingerprint density at radius 1 is 1.25 bits per heavy atom. The zero-order chi connectivity index (χ0) is 14.7. The standard InChI is InChI=1S/C16H20N2O2/c1-11(2)10-20-15-7-5-14(6-8-15)18-13(4)16(9-19)12(3)17-18/h5-9,11H,10H2,1-4H3. The molecule has 0 saturated heterocycles. The number of hydrogen-bond donors (Lipinski definition) is 0. The number of benzene rings is 1. The van der Waals surface area contributed by atoms with Gasteiger partial charge in [-0.3, -0.25) is 4.79 Å². The van der Waals surface area contributed by atoms with Gasteiger partial charge in [-0.15, -0.1) is 0 Å². The fraction of sp³-hybridized carbons (Fsp3) is 0.375. The Morgan fingerprint density at radius 2 is 1.90 bits per heavy atom. The highest BCUT2D eigenvalue weighted by molar-refractivity contribution is 5.78. The van der Waals surface area contributed by atoms with Crippen LogP contribution in [0.2, 0.25) is 0 Å². The van der Waals surface area contributed by atoms with Crippen LogP contribution in [0.25, 0.3) is 5.69 Å². The smallest absolute Gasteiger partial charge is 0.153 e. The van der Waals surface area contributed by atoms with E-state index in [0.717, 1.165) is 29.1 Å². The largest absolute Gasteiger partial charge is 0.493 e. The summed E-state index contributed by atoms with van der Waals surface area (Å²) < 4.78 is 7.44. The number of ether oxygens (including phenoxy) is 1. The molecule has 0 spiro atoms. The zero-order valence-electron chi connectivity index (χ0n) is 12.4. The Labute approximate surface area is 119 Å². The lowest BCUT2D eigenvalue weighted by Crippen LogP contribution is -2.05. The minimum Gasteiger partial charge on any atom is -0.493 e. The molecule has 4 nitrogen and oxygen atoms in total. The van der Waals surface area contributed by atoms with Gasteiger partial charge in [0.2, 0.25) is 0 Å². The number of hydrogen-bond acceptors (Lipinski definition) is 3. The first kappa shape index (κ1) is 14.3. The quantitative estimate of drug-likeness (QED) is 0.784. The first-order valence-corrected chi connectivity index (χ1v) is 6.77. The summed E-state index contributed by atoms with van der Waals surface area (Å²) in [6.45, 7) is 8.67. The SMILES string of the molecule is Cc1nn(-c2ccc(OCC(C)C)cc2)c(C)c1C=O. The van der Waals surface area contributed by atoms with Crippen molar-refractivity contribution in [2.45, 2.75) is 27.7 Å². The molecule has 4 heteroatoms. The zero-order valence-corrected chi connectivity index (χ0v) is 12.4. The molecule has 0 saturated carbocycles. The lowest BCUT2D eigenvalue weighted by molar-refractivity contribution is 0.112. The maximum Gasteiger partial charge on any atom is 0.153 e. The minimum atomic E-state index is 0.501. The predicted molar refractivity (Wildman–Crippen MR) is 78.8 cm³/mol. The number of nitrogens with zero attached hydrogens (tertiary/aromatic N) is 2. The molecule has 0 amide bonds. The third-order valence-electron chi connectivity index (χ3n) is 3.13. The van der Waals surface area contributed by atoms with E-state index in [1.165, 1.54) is 0 Å². The molecule has 1 heterocycles. The van der Waals surface area contributed by atoms with Gasteiger partial charge in [-0.1, -0.05) is 13.8 Å². The van der Waals surface area contributed by atoms with Crippen molar-refractivity contribution < 1.29 is 9.53 Å². The van der Waals surface area contributed by atoms with E-state index in [1.807, 2.05) is 38.1 Å². The van der Waals surface area contributed by atoms with E-state index in [9.17, 15) is 4.79 Å². The molecule has 1 aromatic carbocycles. The summed E-state index contributed by atoms with van der Waals surface area (Å²) >= 11 is 0. The molecule has 0 aliphatic heterocycles. The third kappa shape index (κ3) is 2.90. The highest BCUT2D eigenvalue weighted by atomic mass is 16.5. The molecular formula is C16H20N2O2. The van der Waals surface area contributed by atoms with Crippen molar-refractivity contribution in [3.63, 3.8) is 0 Å². The molecule has 0 atom stereocenters. The Morgan fingerprint density at radius 3 is 2.40 bits per heavy atom. The average molecular weight is 272 g/mol.